The molecule has 0 aliphatic heterocycles. The number of nitrogens with one attached hydrogen (secondary N) is 2. The van der Waals surface area contributed by atoms with Crippen LogP contribution in [0.3, 0.4) is 0 Å². The summed E-state index contributed by atoms with van der Waals surface area (Å²) >= 11 is 1.55. The predicted molar refractivity (Wildman–Crippen MR) is 72.9 cm³/mol. The Morgan fingerprint density at radius 3 is 2.94 bits per heavy atom. The van der Waals surface area contributed by atoms with Crippen LogP contribution in [0.25, 0.3) is 0 Å². The number of carbonyl (C=O) groups is 1. The fourth-order valence-corrected chi connectivity index (χ4v) is 2.85. The molecule has 5 heteroatoms. The smallest absolute Gasteiger partial charge is 0.261 e. The molecule has 2 N–H and O–H groups in total. The fourth-order valence-electron chi connectivity index (χ4n) is 1.83. The first kappa shape index (κ1) is 12.8. The molecule has 1 amide bonds. The molecule has 1 atom stereocenters. The summed E-state index contributed by atoms with van der Waals surface area (Å²) < 4.78 is 0. The Kier molecular flexibility index (Phi) is 3.81. The Balaban J connectivity index is 2.07. The van der Waals surface area contributed by atoms with Crippen LogP contribution in [0.15, 0.2) is 18.5 Å². The van der Waals surface area contributed by atoms with E-state index in [2.05, 4.69) is 29.4 Å². The summed E-state index contributed by atoms with van der Waals surface area (Å²) in [5, 5.41) is 9.60. The maximum absolute atomic E-state index is 12.1. The highest BCUT2D eigenvalue weighted by Gasteiger charge is 2.15. The summed E-state index contributed by atoms with van der Waals surface area (Å²) in [4.78, 5) is 14.1. The number of thiophene rings is 1. The molecule has 4 nitrogen and oxygen atoms in total. The molecule has 18 heavy (non-hydrogen) atoms. The average molecular weight is 263 g/mol. The van der Waals surface area contributed by atoms with Crippen LogP contribution in [-0.4, -0.2) is 16.1 Å². The monoisotopic (exact) mass is 263 g/mol. The number of rotatable bonds is 4. The molecule has 0 aromatic carbocycles. The van der Waals surface area contributed by atoms with E-state index in [1.807, 2.05) is 13.0 Å². The number of hydrogen-bond acceptors (Lipinski definition) is 3. The summed E-state index contributed by atoms with van der Waals surface area (Å²) in [6.07, 6.45) is 4.48. The Hall–Kier alpha value is -1.62. The standard InChI is InChI=1S/C13H17N3OS/c1-4-10-5-12(18-9(10)3)13(17)16-8(2)11-6-14-15-7-11/h5-8H,4H2,1-3H3,(H,14,15)(H,16,17). The number of amides is 1. The van der Waals surface area contributed by atoms with Crippen molar-refractivity contribution in [1.82, 2.24) is 15.5 Å². The summed E-state index contributed by atoms with van der Waals surface area (Å²) in [5.74, 6) is -0.0171. The summed E-state index contributed by atoms with van der Waals surface area (Å²) in [5.41, 5.74) is 2.23. The molecule has 96 valence electrons. The molecule has 2 rings (SSSR count). The molecule has 0 aliphatic carbocycles. The fraction of sp³-hybridized carbons (Fsp3) is 0.385. The maximum Gasteiger partial charge on any atom is 0.261 e. The van der Waals surface area contributed by atoms with Crippen molar-refractivity contribution in [3.8, 4) is 0 Å². The molecule has 2 aromatic heterocycles. The van der Waals surface area contributed by atoms with Crippen molar-refractivity contribution in [2.75, 3.05) is 0 Å². The second-order valence-electron chi connectivity index (χ2n) is 4.27. The van der Waals surface area contributed by atoms with E-state index in [1.165, 1.54) is 10.4 Å². The van der Waals surface area contributed by atoms with Gasteiger partial charge in [0, 0.05) is 16.6 Å². The molecule has 0 bridgehead atoms. The molecule has 0 saturated carbocycles. The predicted octanol–water partition coefficient (Wildman–Crippen LogP) is 2.83. The van der Waals surface area contributed by atoms with E-state index in [9.17, 15) is 4.79 Å². The molecule has 0 aliphatic rings. The lowest BCUT2D eigenvalue weighted by molar-refractivity contribution is 0.0944. The maximum atomic E-state index is 12.1. The zero-order valence-electron chi connectivity index (χ0n) is 10.8. The zero-order valence-corrected chi connectivity index (χ0v) is 11.6. The van der Waals surface area contributed by atoms with E-state index in [0.717, 1.165) is 16.9 Å². The minimum Gasteiger partial charge on any atom is -0.345 e. The van der Waals surface area contributed by atoms with Gasteiger partial charge in [0.1, 0.15) is 0 Å². The van der Waals surface area contributed by atoms with Crippen LogP contribution in [-0.2, 0) is 6.42 Å². The number of aromatic nitrogens is 2. The van der Waals surface area contributed by atoms with Crippen molar-refractivity contribution in [2.24, 2.45) is 0 Å². The van der Waals surface area contributed by atoms with E-state index in [1.54, 1.807) is 23.7 Å². The van der Waals surface area contributed by atoms with Crippen LogP contribution in [0.5, 0.6) is 0 Å². The number of hydrogen-bond donors (Lipinski definition) is 2. The van der Waals surface area contributed by atoms with E-state index in [-0.39, 0.29) is 11.9 Å². The summed E-state index contributed by atoms with van der Waals surface area (Å²) in [6.45, 7) is 6.11. The quantitative estimate of drug-likeness (QED) is 0.891. The average Bonchev–Trinajstić information content (AvgIpc) is 2.97. The van der Waals surface area contributed by atoms with Crippen LogP contribution in [0.4, 0.5) is 0 Å². The number of aryl methyl sites for hydroxylation is 2. The first-order valence-corrected chi connectivity index (χ1v) is 6.82. The Morgan fingerprint density at radius 2 is 2.39 bits per heavy atom. The van der Waals surface area contributed by atoms with Crippen molar-refractivity contribution in [1.29, 1.82) is 0 Å². The van der Waals surface area contributed by atoms with Gasteiger partial charge in [-0.1, -0.05) is 6.92 Å². The van der Waals surface area contributed by atoms with Gasteiger partial charge >= 0.3 is 0 Å². The molecule has 0 saturated heterocycles. The molecule has 1 unspecified atom stereocenters. The van der Waals surface area contributed by atoms with Gasteiger partial charge in [-0.15, -0.1) is 11.3 Å². The normalized spacial score (nSPS) is 12.4. The van der Waals surface area contributed by atoms with Crippen molar-refractivity contribution < 1.29 is 4.79 Å². The number of aromatic amines is 1. The third-order valence-electron chi connectivity index (χ3n) is 2.99. The second kappa shape index (κ2) is 5.35. The first-order valence-electron chi connectivity index (χ1n) is 6.00. The lowest BCUT2D eigenvalue weighted by Gasteiger charge is -2.10. The van der Waals surface area contributed by atoms with Crippen LogP contribution < -0.4 is 5.32 Å². The largest absolute Gasteiger partial charge is 0.345 e. The third-order valence-corrected chi connectivity index (χ3v) is 4.08. The Labute approximate surface area is 110 Å². The highest BCUT2D eigenvalue weighted by atomic mass is 32.1. The SMILES string of the molecule is CCc1cc(C(=O)NC(C)c2cn[nH]c2)sc1C. The highest BCUT2D eigenvalue weighted by molar-refractivity contribution is 7.14. The van der Waals surface area contributed by atoms with Crippen LogP contribution >= 0.6 is 11.3 Å². The van der Waals surface area contributed by atoms with E-state index < -0.39 is 0 Å². The third kappa shape index (κ3) is 2.61. The van der Waals surface area contributed by atoms with Crippen LogP contribution in [0.1, 0.15) is 45.6 Å². The van der Waals surface area contributed by atoms with Gasteiger partial charge in [-0.3, -0.25) is 9.89 Å². The summed E-state index contributed by atoms with van der Waals surface area (Å²) in [6, 6.07) is 1.95. The molecule has 0 radical (unpaired) electrons. The van der Waals surface area contributed by atoms with Gasteiger partial charge in [0.15, 0.2) is 0 Å². The van der Waals surface area contributed by atoms with E-state index in [4.69, 9.17) is 0 Å². The van der Waals surface area contributed by atoms with Gasteiger partial charge in [-0.25, -0.2) is 0 Å². The van der Waals surface area contributed by atoms with Gasteiger partial charge in [-0.2, -0.15) is 5.10 Å². The van der Waals surface area contributed by atoms with Crippen molar-refractivity contribution in [3.63, 3.8) is 0 Å². The molecular formula is C13H17N3OS. The van der Waals surface area contributed by atoms with Gasteiger partial charge < -0.3 is 5.32 Å². The molecule has 2 heterocycles. The van der Waals surface area contributed by atoms with Crippen molar-refractivity contribution in [3.05, 3.63) is 39.3 Å². The Bertz CT molecular complexity index is 530. The minimum atomic E-state index is -0.0382. The first-order chi connectivity index (χ1) is 8.61. The van der Waals surface area contributed by atoms with E-state index in [0.29, 0.717) is 0 Å². The summed E-state index contributed by atoms with van der Waals surface area (Å²) in [7, 11) is 0. The van der Waals surface area contributed by atoms with Gasteiger partial charge in [0.2, 0.25) is 0 Å². The van der Waals surface area contributed by atoms with Crippen LogP contribution in [0.2, 0.25) is 0 Å². The van der Waals surface area contributed by atoms with Gasteiger partial charge in [0.25, 0.3) is 5.91 Å². The second-order valence-corrected chi connectivity index (χ2v) is 5.53. The minimum absolute atomic E-state index is 0.0171. The van der Waals surface area contributed by atoms with E-state index >= 15 is 0 Å². The molecule has 0 spiro atoms. The lowest BCUT2D eigenvalue weighted by atomic mass is 10.2. The number of nitrogens with zero attached hydrogens (tertiary/aromatic N) is 1. The van der Waals surface area contributed by atoms with Crippen molar-refractivity contribution >= 4 is 17.2 Å². The topological polar surface area (TPSA) is 57.8 Å². The number of H-pyrrole nitrogens is 1. The zero-order chi connectivity index (χ0) is 13.1. The number of carbonyl (C=O) groups excluding carboxylic acids is 1. The lowest BCUT2D eigenvalue weighted by Crippen LogP contribution is -2.25. The molecule has 0 fully saturated rings. The van der Waals surface area contributed by atoms with Gasteiger partial charge in [0.05, 0.1) is 17.1 Å². The van der Waals surface area contributed by atoms with Crippen LogP contribution in [0, 0.1) is 6.92 Å². The molecule has 2 aromatic rings. The molecular weight excluding hydrogens is 246 g/mol. The van der Waals surface area contributed by atoms with Gasteiger partial charge in [-0.05, 0) is 31.9 Å². The highest BCUT2D eigenvalue weighted by Crippen LogP contribution is 2.22. The van der Waals surface area contributed by atoms with Crippen molar-refractivity contribution in [2.45, 2.75) is 33.2 Å². The Morgan fingerprint density at radius 1 is 1.61 bits per heavy atom.